The van der Waals surface area contributed by atoms with Gasteiger partial charge in [-0.25, -0.2) is 0 Å². The summed E-state index contributed by atoms with van der Waals surface area (Å²) in [6, 6.07) is 10.6. The lowest BCUT2D eigenvalue weighted by molar-refractivity contribution is -0.136. The zero-order valence-corrected chi connectivity index (χ0v) is 14.0. The Morgan fingerprint density at radius 1 is 1.12 bits per heavy atom. The number of carbonyl (C=O) groups is 2. The summed E-state index contributed by atoms with van der Waals surface area (Å²) in [6.07, 6.45) is 0.426. The second-order valence-electron chi connectivity index (χ2n) is 6.49. The molecule has 1 atom stereocenters. The molecule has 1 heterocycles. The Labute approximate surface area is 140 Å². The molecule has 0 aliphatic rings. The molecule has 0 aliphatic heterocycles. The van der Waals surface area contributed by atoms with Gasteiger partial charge in [0.05, 0.1) is 12.8 Å². The summed E-state index contributed by atoms with van der Waals surface area (Å²) >= 11 is 0. The lowest BCUT2D eigenvalue weighted by Gasteiger charge is -2.22. The summed E-state index contributed by atoms with van der Waals surface area (Å²) in [5.74, 6) is -1.27. The van der Waals surface area contributed by atoms with Gasteiger partial charge in [-0.05, 0) is 29.2 Å². The van der Waals surface area contributed by atoms with Crippen LogP contribution in [0, 0.1) is 0 Å². The molecule has 0 spiro atoms. The van der Waals surface area contributed by atoms with E-state index in [0.29, 0.717) is 11.4 Å². The quantitative estimate of drug-likeness (QED) is 0.751. The van der Waals surface area contributed by atoms with Crippen LogP contribution in [0.15, 0.2) is 47.1 Å². The fourth-order valence-electron chi connectivity index (χ4n) is 2.28. The molecular formula is C18H22N2O4. The van der Waals surface area contributed by atoms with Crippen molar-refractivity contribution in [3.63, 3.8) is 0 Å². The van der Waals surface area contributed by atoms with Crippen LogP contribution in [0.25, 0.3) is 0 Å². The minimum Gasteiger partial charge on any atom is -0.467 e. The zero-order chi connectivity index (χ0) is 17.7. The van der Waals surface area contributed by atoms with Crippen molar-refractivity contribution in [2.24, 2.45) is 0 Å². The summed E-state index contributed by atoms with van der Waals surface area (Å²) in [7, 11) is 0. The molecule has 0 fully saturated rings. The summed E-state index contributed by atoms with van der Waals surface area (Å²) < 4.78 is 5.04. The van der Waals surface area contributed by atoms with Crippen molar-refractivity contribution in [2.75, 3.05) is 11.9 Å². The highest BCUT2D eigenvalue weighted by atomic mass is 16.4. The Hall–Kier alpha value is -2.60. The van der Waals surface area contributed by atoms with E-state index < -0.39 is 17.9 Å². The van der Waals surface area contributed by atoms with Crippen LogP contribution in [-0.2, 0) is 15.0 Å². The second kappa shape index (κ2) is 7.31. The van der Waals surface area contributed by atoms with Crippen molar-refractivity contribution in [1.82, 2.24) is 5.32 Å². The van der Waals surface area contributed by atoms with Crippen LogP contribution in [0.1, 0.15) is 38.2 Å². The van der Waals surface area contributed by atoms with E-state index in [1.165, 1.54) is 6.26 Å². The molecule has 0 saturated heterocycles. The average Bonchev–Trinajstić information content (AvgIpc) is 3.06. The van der Waals surface area contributed by atoms with E-state index in [2.05, 4.69) is 10.6 Å². The largest absolute Gasteiger partial charge is 0.467 e. The van der Waals surface area contributed by atoms with E-state index >= 15 is 0 Å². The van der Waals surface area contributed by atoms with Gasteiger partial charge < -0.3 is 20.2 Å². The first kappa shape index (κ1) is 17.7. The standard InChI is InChI=1S/C18H22N2O4/c1-18(2,3)12-7-4-5-8-13(12)20-17(23)16(22)19-11-14(21)15-9-6-10-24-15/h4-10,14,21H,11H2,1-3H3,(H,19,22)(H,20,23). The van der Waals surface area contributed by atoms with Gasteiger partial charge >= 0.3 is 11.8 Å². The fourth-order valence-corrected chi connectivity index (χ4v) is 2.28. The number of amides is 2. The second-order valence-corrected chi connectivity index (χ2v) is 6.49. The van der Waals surface area contributed by atoms with Crippen molar-refractivity contribution in [2.45, 2.75) is 32.3 Å². The first-order valence-electron chi connectivity index (χ1n) is 7.69. The predicted octanol–water partition coefficient (Wildman–Crippen LogP) is 2.37. The molecule has 2 aromatic rings. The highest BCUT2D eigenvalue weighted by Crippen LogP contribution is 2.29. The van der Waals surface area contributed by atoms with Crippen molar-refractivity contribution in [3.05, 3.63) is 54.0 Å². The van der Waals surface area contributed by atoms with E-state index in [1.807, 2.05) is 32.9 Å². The molecule has 1 unspecified atom stereocenters. The number of para-hydroxylation sites is 1. The number of hydrogen-bond donors (Lipinski definition) is 3. The summed E-state index contributed by atoms with van der Waals surface area (Å²) in [6.45, 7) is 5.97. The van der Waals surface area contributed by atoms with E-state index in [1.54, 1.807) is 24.3 Å². The molecule has 0 saturated carbocycles. The first-order chi connectivity index (χ1) is 11.3. The number of benzene rings is 1. The Balaban J connectivity index is 1.96. The third-order valence-electron chi connectivity index (χ3n) is 3.52. The number of rotatable bonds is 4. The van der Waals surface area contributed by atoms with Gasteiger partial charge in [0.25, 0.3) is 0 Å². The molecule has 0 radical (unpaired) electrons. The normalized spacial score (nSPS) is 12.5. The lowest BCUT2D eigenvalue weighted by Crippen LogP contribution is -2.38. The van der Waals surface area contributed by atoms with Gasteiger partial charge in [-0.3, -0.25) is 9.59 Å². The third kappa shape index (κ3) is 4.45. The maximum absolute atomic E-state index is 12.1. The SMILES string of the molecule is CC(C)(C)c1ccccc1NC(=O)C(=O)NCC(O)c1ccco1. The summed E-state index contributed by atoms with van der Waals surface area (Å²) in [5.41, 5.74) is 1.36. The van der Waals surface area contributed by atoms with Gasteiger partial charge in [0.2, 0.25) is 0 Å². The summed E-state index contributed by atoms with van der Waals surface area (Å²) in [4.78, 5) is 24.0. The molecule has 128 valence electrons. The molecule has 0 aliphatic carbocycles. The molecular weight excluding hydrogens is 308 g/mol. The molecule has 3 N–H and O–H groups in total. The average molecular weight is 330 g/mol. The number of hydrogen-bond acceptors (Lipinski definition) is 4. The third-order valence-corrected chi connectivity index (χ3v) is 3.52. The zero-order valence-electron chi connectivity index (χ0n) is 14.0. The van der Waals surface area contributed by atoms with Gasteiger partial charge in [0, 0.05) is 5.69 Å². The number of furan rings is 1. The minimum atomic E-state index is -1.00. The van der Waals surface area contributed by atoms with Crippen LogP contribution in [0.5, 0.6) is 0 Å². The number of aliphatic hydroxyl groups is 1. The fraction of sp³-hybridized carbons (Fsp3) is 0.333. The highest BCUT2D eigenvalue weighted by Gasteiger charge is 2.21. The molecule has 24 heavy (non-hydrogen) atoms. The number of anilines is 1. The van der Waals surface area contributed by atoms with Crippen molar-refractivity contribution in [3.8, 4) is 0 Å². The molecule has 6 heteroatoms. The lowest BCUT2D eigenvalue weighted by atomic mass is 9.86. The van der Waals surface area contributed by atoms with Gasteiger partial charge in [-0.2, -0.15) is 0 Å². The van der Waals surface area contributed by atoms with Crippen LogP contribution >= 0.6 is 0 Å². The van der Waals surface area contributed by atoms with Gasteiger partial charge in [0.15, 0.2) is 0 Å². The smallest absolute Gasteiger partial charge is 0.313 e. The topological polar surface area (TPSA) is 91.6 Å². The van der Waals surface area contributed by atoms with Crippen LogP contribution < -0.4 is 10.6 Å². The van der Waals surface area contributed by atoms with Gasteiger partial charge in [-0.1, -0.05) is 39.0 Å². The molecule has 6 nitrogen and oxygen atoms in total. The van der Waals surface area contributed by atoms with Crippen molar-refractivity contribution < 1.29 is 19.1 Å². The molecule has 1 aromatic heterocycles. The number of carbonyl (C=O) groups excluding carboxylic acids is 2. The number of nitrogens with one attached hydrogen (secondary N) is 2. The summed E-state index contributed by atoms with van der Waals surface area (Å²) in [5, 5.41) is 14.8. The minimum absolute atomic E-state index is 0.110. The Bertz CT molecular complexity index is 702. The van der Waals surface area contributed by atoms with E-state index in [9.17, 15) is 14.7 Å². The molecule has 1 aromatic carbocycles. The van der Waals surface area contributed by atoms with Crippen LogP contribution in [0.2, 0.25) is 0 Å². The maximum Gasteiger partial charge on any atom is 0.313 e. The van der Waals surface area contributed by atoms with Gasteiger partial charge in [0.1, 0.15) is 11.9 Å². The Kier molecular flexibility index (Phi) is 5.41. The van der Waals surface area contributed by atoms with Crippen LogP contribution in [-0.4, -0.2) is 23.5 Å². The van der Waals surface area contributed by atoms with Crippen LogP contribution in [0.3, 0.4) is 0 Å². The van der Waals surface area contributed by atoms with E-state index in [4.69, 9.17) is 4.42 Å². The van der Waals surface area contributed by atoms with Crippen molar-refractivity contribution in [1.29, 1.82) is 0 Å². The van der Waals surface area contributed by atoms with Crippen LogP contribution in [0.4, 0.5) is 5.69 Å². The van der Waals surface area contributed by atoms with Gasteiger partial charge in [-0.15, -0.1) is 0 Å². The molecule has 2 rings (SSSR count). The molecule has 2 amide bonds. The Morgan fingerprint density at radius 2 is 1.83 bits per heavy atom. The maximum atomic E-state index is 12.1. The first-order valence-corrected chi connectivity index (χ1v) is 7.69. The van der Waals surface area contributed by atoms with E-state index in [-0.39, 0.29) is 12.0 Å². The number of aliphatic hydroxyl groups excluding tert-OH is 1. The highest BCUT2D eigenvalue weighted by molar-refractivity contribution is 6.39. The molecule has 0 bridgehead atoms. The van der Waals surface area contributed by atoms with Crippen molar-refractivity contribution >= 4 is 17.5 Å². The Morgan fingerprint density at radius 3 is 2.46 bits per heavy atom. The predicted molar refractivity (Wildman–Crippen MR) is 90.4 cm³/mol. The monoisotopic (exact) mass is 330 g/mol. The van der Waals surface area contributed by atoms with E-state index in [0.717, 1.165) is 5.56 Å².